The first kappa shape index (κ1) is 13.3. The average molecular weight is 284 g/mol. The van der Waals surface area contributed by atoms with Gasteiger partial charge in [-0.1, -0.05) is 30.3 Å². The van der Waals surface area contributed by atoms with Crippen molar-refractivity contribution < 1.29 is 14.0 Å². The van der Waals surface area contributed by atoms with E-state index in [-0.39, 0.29) is 23.9 Å². The molecule has 2 aromatic rings. The maximum atomic E-state index is 13.6. The van der Waals surface area contributed by atoms with E-state index in [2.05, 4.69) is 5.32 Å². The smallest absolute Gasteiger partial charge is 0.256 e. The Bertz CT molecular complexity index is 688. The SMILES string of the molecule is O=C1C[C@H](Nc2ccccc2F)C(=O)N1c1ccccc1. The third-order valence-corrected chi connectivity index (χ3v) is 3.36. The van der Waals surface area contributed by atoms with Crippen molar-refractivity contribution in [3.63, 3.8) is 0 Å². The van der Waals surface area contributed by atoms with Crippen LogP contribution in [0.4, 0.5) is 15.8 Å². The van der Waals surface area contributed by atoms with Gasteiger partial charge in [0, 0.05) is 0 Å². The van der Waals surface area contributed by atoms with Crippen LogP contribution < -0.4 is 10.2 Å². The zero-order valence-electron chi connectivity index (χ0n) is 11.1. The third kappa shape index (κ3) is 2.50. The number of rotatable bonds is 3. The van der Waals surface area contributed by atoms with Crippen LogP contribution in [-0.2, 0) is 9.59 Å². The summed E-state index contributed by atoms with van der Waals surface area (Å²) in [5.74, 6) is -1.11. The lowest BCUT2D eigenvalue weighted by Gasteiger charge is -2.16. The van der Waals surface area contributed by atoms with E-state index < -0.39 is 11.9 Å². The Kier molecular flexibility index (Phi) is 3.39. The monoisotopic (exact) mass is 284 g/mol. The number of para-hydroxylation sites is 2. The predicted octanol–water partition coefficient (Wildman–Crippen LogP) is 2.57. The Balaban J connectivity index is 1.83. The molecule has 0 bridgehead atoms. The minimum Gasteiger partial charge on any atom is -0.371 e. The van der Waals surface area contributed by atoms with E-state index in [1.165, 1.54) is 12.1 Å². The van der Waals surface area contributed by atoms with Crippen molar-refractivity contribution in [3.05, 3.63) is 60.4 Å². The summed E-state index contributed by atoms with van der Waals surface area (Å²) in [7, 11) is 0. The normalized spacial score (nSPS) is 18.1. The van der Waals surface area contributed by atoms with Gasteiger partial charge in [0.15, 0.2) is 0 Å². The Labute approximate surface area is 121 Å². The van der Waals surface area contributed by atoms with Crippen molar-refractivity contribution in [2.45, 2.75) is 12.5 Å². The van der Waals surface area contributed by atoms with Crippen molar-refractivity contribution in [3.8, 4) is 0 Å². The minimum absolute atomic E-state index is 0.0159. The maximum absolute atomic E-state index is 13.6. The van der Waals surface area contributed by atoms with E-state index in [9.17, 15) is 14.0 Å². The first-order chi connectivity index (χ1) is 10.2. The number of carbonyl (C=O) groups excluding carboxylic acids is 2. The molecule has 2 aromatic carbocycles. The molecular formula is C16H13FN2O2. The summed E-state index contributed by atoms with van der Waals surface area (Å²) in [6.07, 6.45) is 0.0159. The van der Waals surface area contributed by atoms with Crippen LogP contribution in [0.2, 0.25) is 0 Å². The minimum atomic E-state index is -0.741. The fourth-order valence-electron chi connectivity index (χ4n) is 2.36. The summed E-state index contributed by atoms with van der Waals surface area (Å²) in [5.41, 5.74) is 0.754. The van der Waals surface area contributed by atoms with Crippen molar-refractivity contribution in [2.24, 2.45) is 0 Å². The number of halogens is 1. The largest absolute Gasteiger partial charge is 0.371 e. The van der Waals surface area contributed by atoms with E-state index in [4.69, 9.17) is 0 Å². The maximum Gasteiger partial charge on any atom is 0.256 e. The second-order valence-corrected chi connectivity index (χ2v) is 4.78. The number of hydrogen-bond donors (Lipinski definition) is 1. The van der Waals surface area contributed by atoms with Gasteiger partial charge in [-0.3, -0.25) is 9.59 Å². The molecule has 1 heterocycles. The summed E-state index contributed by atoms with van der Waals surface area (Å²) in [4.78, 5) is 25.5. The Morgan fingerprint density at radius 2 is 1.67 bits per heavy atom. The van der Waals surface area contributed by atoms with Crippen molar-refractivity contribution in [1.29, 1.82) is 0 Å². The topological polar surface area (TPSA) is 49.4 Å². The van der Waals surface area contributed by atoms with Gasteiger partial charge in [-0.2, -0.15) is 0 Å². The highest BCUT2D eigenvalue weighted by Crippen LogP contribution is 2.25. The number of anilines is 2. The molecule has 1 fully saturated rings. The lowest BCUT2D eigenvalue weighted by molar-refractivity contribution is -0.121. The van der Waals surface area contributed by atoms with Gasteiger partial charge in [0.25, 0.3) is 5.91 Å². The molecule has 0 radical (unpaired) electrons. The van der Waals surface area contributed by atoms with Crippen molar-refractivity contribution in [2.75, 3.05) is 10.2 Å². The Morgan fingerprint density at radius 1 is 1.00 bits per heavy atom. The highest BCUT2D eigenvalue weighted by Gasteiger charge is 2.39. The van der Waals surface area contributed by atoms with Gasteiger partial charge in [-0.05, 0) is 24.3 Å². The van der Waals surface area contributed by atoms with E-state index in [1.54, 1.807) is 36.4 Å². The predicted molar refractivity (Wildman–Crippen MR) is 77.4 cm³/mol. The molecule has 2 amide bonds. The van der Waals surface area contributed by atoms with Crippen LogP contribution in [0.3, 0.4) is 0 Å². The number of imide groups is 1. The summed E-state index contributed by atoms with van der Waals surface area (Å²) >= 11 is 0. The molecule has 1 aliphatic rings. The molecule has 0 spiro atoms. The van der Waals surface area contributed by atoms with Gasteiger partial charge >= 0.3 is 0 Å². The first-order valence-electron chi connectivity index (χ1n) is 6.60. The van der Waals surface area contributed by atoms with Crippen LogP contribution in [0, 0.1) is 5.82 Å². The summed E-state index contributed by atoms with van der Waals surface area (Å²) in [6, 6.07) is 14.1. The molecule has 5 heteroatoms. The number of nitrogens with one attached hydrogen (secondary N) is 1. The molecule has 0 unspecified atom stereocenters. The highest BCUT2D eigenvalue weighted by molar-refractivity contribution is 6.23. The summed E-state index contributed by atoms with van der Waals surface area (Å²) in [6.45, 7) is 0. The molecule has 106 valence electrons. The number of benzene rings is 2. The van der Waals surface area contributed by atoms with Crippen LogP contribution in [0.25, 0.3) is 0 Å². The van der Waals surface area contributed by atoms with E-state index in [0.717, 1.165) is 4.90 Å². The number of carbonyl (C=O) groups is 2. The van der Waals surface area contributed by atoms with Crippen molar-refractivity contribution >= 4 is 23.2 Å². The van der Waals surface area contributed by atoms with Gasteiger partial charge in [0.2, 0.25) is 5.91 Å². The molecule has 21 heavy (non-hydrogen) atoms. The zero-order chi connectivity index (χ0) is 14.8. The van der Waals surface area contributed by atoms with Crippen molar-refractivity contribution in [1.82, 2.24) is 0 Å². The number of amides is 2. The molecule has 1 N–H and O–H groups in total. The molecule has 0 aliphatic carbocycles. The molecule has 1 atom stereocenters. The van der Waals surface area contributed by atoms with Crippen LogP contribution in [0.1, 0.15) is 6.42 Å². The Morgan fingerprint density at radius 3 is 2.38 bits per heavy atom. The van der Waals surface area contributed by atoms with Gasteiger partial charge in [0.1, 0.15) is 11.9 Å². The fraction of sp³-hybridized carbons (Fsp3) is 0.125. The van der Waals surface area contributed by atoms with E-state index in [0.29, 0.717) is 5.69 Å². The summed E-state index contributed by atoms with van der Waals surface area (Å²) in [5, 5.41) is 2.80. The second kappa shape index (κ2) is 5.36. The van der Waals surface area contributed by atoms with Crippen LogP contribution >= 0.6 is 0 Å². The molecule has 1 aliphatic heterocycles. The highest BCUT2D eigenvalue weighted by atomic mass is 19.1. The lowest BCUT2D eigenvalue weighted by atomic mass is 10.2. The molecule has 0 aromatic heterocycles. The van der Waals surface area contributed by atoms with Gasteiger partial charge in [-0.25, -0.2) is 9.29 Å². The zero-order valence-corrected chi connectivity index (χ0v) is 11.1. The van der Waals surface area contributed by atoms with Gasteiger partial charge in [-0.15, -0.1) is 0 Å². The third-order valence-electron chi connectivity index (χ3n) is 3.36. The molecule has 0 saturated carbocycles. The molecule has 4 nitrogen and oxygen atoms in total. The van der Waals surface area contributed by atoms with Gasteiger partial charge in [0.05, 0.1) is 17.8 Å². The fourth-order valence-corrected chi connectivity index (χ4v) is 2.36. The molecule has 1 saturated heterocycles. The van der Waals surface area contributed by atoms with Crippen LogP contribution in [-0.4, -0.2) is 17.9 Å². The van der Waals surface area contributed by atoms with E-state index >= 15 is 0 Å². The summed E-state index contributed by atoms with van der Waals surface area (Å²) < 4.78 is 13.6. The molecular weight excluding hydrogens is 271 g/mol. The van der Waals surface area contributed by atoms with Crippen LogP contribution in [0.15, 0.2) is 54.6 Å². The standard InChI is InChI=1S/C16H13FN2O2/c17-12-8-4-5-9-13(12)18-14-10-15(20)19(16(14)21)11-6-2-1-3-7-11/h1-9,14,18H,10H2/t14-/m0/s1. The number of hydrogen-bond acceptors (Lipinski definition) is 3. The Hall–Kier alpha value is -2.69. The molecule has 3 rings (SSSR count). The first-order valence-corrected chi connectivity index (χ1v) is 6.60. The lowest BCUT2D eigenvalue weighted by Crippen LogP contribution is -2.34. The second-order valence-electron chi connectivity index (χ2n) is 4.78. The number of nitrogens with zero attached hydrogens (tertiary/aromatic N) is 1. The quantitative estimate of drug-likeness (QED) is 0.881. The van der Waals surface area contributed by atoms with Gasteiger partial charge < -0.3 is 5.32 Å². The van der Waals surface area contributed by atoms with E-state index in [1.807, 2.05) is 6.07 Å². The van der Waals surface area contributed by atoms with Crippen LogP contribution in [0.5, 0.6) is 0 Å². The average Bonchev–Trinajstić information content (AvgIpc) is 2.77.